The second-order valence-corrected chi connectivity index (χ2v) is 6.95. The molecule has 0 saturated carbocycles. The molecule has 26 heavy (non-hydrogen) atoms. The average Bonchev–Trinajstić information content (AvgIpc) is 2.96. The number of anilines is 1. The van der Waals surface area contributed by atoms with Crippen molar-refractivity contribution in [2.24, 2.45) is 0 Å². The van der Waals surface area contributed by atoms with Crippen molar-refractivity contribution >= 4 is 35.4 Å². The lowest BCUT2D eigenvalue weighted by atomic mass is 10.1. The molecular formula is C19H19ClN4OS. The van der Waals surface area contributed by atoms with Gasteiger partial charge in [-0.15, -0.1) is 0 Å². The Bertz CT molecular complexity index is 1010. The molecular weight excluding hydrogens is 368 g/mol. The number of hydrogen-bond acceptors (Lipinski definition) is 3. The van der Waals surface area contributed by atoms with Gasteiger partial charge in [-0.3, -0.25) is 14.5 Å². The number of aromatic amines is 1. The monoisotopic (exact) mass is 386 g/mol. The highest BCUT2D eigenvalue weighted by molar-refractivity contribution is 7.71. The molecule has 3 aromatic rings. The van der Waals surface area contributed by atoms with Crippen LogP contribution in [-0.4, -0.2) is 20.7 Å². The fourth-order valence-corrected chi connectivity index (χ4v) is 3.18. The summed E-state index contributed by atoms with van der Waals surface area (Å²) in [5.74, 6) is 0.592. The predicted octanol–water partition coefficient (Wildman–Crippen LogP) is 4.91. The first-order valence-corrected chi connectivity index (χ1v) is 9.01. The maximum atomic E-state index is 12.3. The number of carbonyl (C=O) groups excluding carboxylic acids is 1. The van der Waals surface area contributed by atoms with Gasteiger partial charge >= 0.3 is 0 Å². The first kappa shape index (κ1) is 18.4. The highest BCUT2D eigenvalue weighted by Gasteiger charge is 2.12. The van der Waals surface area contributed by atoms with E-state index in [9.17, 15) is 4.79 Å². The van der Waals surface area contributed by atoms with Gasteiger partial charge in [0.25, 0.3) is 0 Å². The summed E-state index contributed by atoms with van der Waals surface area (Å²) < 4.78 is 2.32. The van der Waals surface area contributed by atoms with Crippen LogP contribution in [0.3, 0.4) is 0 Å². The van der Waals surface area contributed by atoms with Gasteiger partial charge in [0.05, 0.1) is 10.7 Å². The molecule has 2 aromatic carbocycles. The molecule has 0 spiro atoms. The maximum Gasteiger partial charge on any atom is 0.226 e. The van der Waals surface area contributed by atoms with Crippen LogP contribution < -0.4 is 5.32 Å². The SMILES string of the molecule is Cc1cccc(-c2n[nH]c(=S)n2CCC(=O)Nc2ccc(C)cc2Cl)c1. The molecule has 134 valence electrons. The first-order chi connectivity index (χ1) is 12.4. The molecule has 0 unspecified atom stereocenters. The van der Waals surface area contributed by atoms with E-state index >= 15 is 0 Å². The summed E-state index contributed by atoms with van der Waals surface area (Å²) in [5.41, 5.74) is 3.74. The number of rotatable bonds is 5. The Morgan fingerprint density at radius 3 is 2.73 bits per heavy atom. The van der Waals surface area contributed by atoms with Crippen LogP contribution in [0.4, 0.5) is 5.69 Å². The van der Waals surface area contributed by atoms with Crippen molar-refractivity contribution in [1.82, 2.24) is 14.8 Å². The van der Waals surface area contributed by atoms with E-state index in [1.54, 1.807) is 6.07 Å². The molecule has 7 heteroatoms. The van der Waals surface area contributed by atoms with Crippen molar-refractivity contribution in [3.05, 3.63) is 63.4 Å². The van der Waals surface area contributed by atoms with E-state index < -0.39 is 0 Å². The molecule has 5 nitrogen and oxygen atoms in total. The number of halogens is 1. The van der Waals surface area contributed by atoms with Gasteiger partial charge in [0.1, 0.15) is 0 Å². The van der Waals surface area contributed by atoms with Gasteiger partial charge < -0.3 is 5.32 Å². The molecule has 2 N–H and O–H groups in total. The van der Waals surface area contributed by atoms with E-state index in [1.165, 1.54) is 0 Å². The van der Waals surface area contributed by atoms with Crippen molar-refractivity contribution < 1.29 is 4.79 Å². The Balaban J connectivity index is 1.73. The minimum atomic E-state index is -0.131. The number of aromatic nitrogens is 3. The van der Waals surface area contributed by atoms with E-state index in [-0.39, 0.29) is 12.3 Å². The van der Waals surface area contributed by atoms with Gasteiger partial charge in [0.15, 0.2) is 10.6 Å². The molecule has 0 saturated heterocycles. The summed E-state index contributed by atoms with van der Waals surface area (Å²) in [4.78, 5) is 12.3. The van der Waals surface area contributed by atoms with Crippen molar-refractivity contribution in [3.8, 4) is 11.4 Å². The molecule has 0 fully saturated rings. The summed E-state index contributed by atoms with van der Waals surface area (Å²) in [6.07, 6.45) is 0.261. The van der Waals surface area contributed by atoms with Crippen LogP contribution in [0.15, 0.2) is 42.5 Å². The summed E-state index contributed by atoms with van der Waals surface area (Å²) in [5, 5.41) is 10.5. The molecule has 0 aliphatic heterocycles. The molecule has 0 aliphatic carbocycles. The highest BCUT2D eigenvalue weighted by atomic mass is 35.5. The normalized spacial score (nSPS) is 10.7. The lowest BCUT2D eigenvalue weighted by molar-refractivity contribution is -0.116. The summed E-state index contributed by atoms with van der Waals surface area (Å²) in [6.45, 7) is 4.40. The molecule has 0 radical (unpaired) electrons. The van der Waals surface area contributed by atoms with Crippen LogP contribution in [0.1, 0.15) is 17.5 Å². The Kier molecular flexibility index (Phi) is 5.54. The van der Waals surface area contributed by atoms with Gasteiger partial charge in [-0.1, -0.05) is 41.4 Å². The van der Waals surface area contributed by atoms with Gasteiger partial charge in [-0.25, -0.2) is 0 Å². The molecule has 3 rings (SSSR count). The van der Waals surface area contributed by atoms with Gasteiger partial charge in [0, 0.05) is 18.5 Å². The maximum absolute atomic E-state index is 12.3. The van der Waals surface area contributed by atoms with Crippen molar-refractivity contribution in [2.45, 2.75) is 26.8 Å². The third-order valence-corrected chi connectivity index (χ3v) is 4.62. The van der Waals surface area contributed by atoms with Crippen LogP contribution in [0.25, 0.3) is 11.4 Å². The Morgan fingerprint density at radius 2 is 2.00 bits per heavy atom. The van der Waals surface area contributed by atoms with Gasteiger partial charge in [0.2, 0.25) is 5.91 Å². The second kappa shape index (κ2) is 7.85. The number of carbonyl (C=O) groups is 1. The van der Waals surface area contributed by atoms with Crippen LogP contribution in [0, 0.1) is 18.6 Å². The zero-order valence-corrected chi connectivity index (χ0v) is 16.1. The van der Waals surface area contributed by atoms with Crippen molar-refractivity contribution in [3.63, 3.8) is 0 Å². The Labute approximate surface area is 162 Å². The van der Waals surface area contributed by atoms with Crippen molar-refractivity contribution in [1.29, 1.82) is 0 Å². The van der Waals surface area contributed by atoms with E-state index in [4.69, 9.17) is 23.8 Å². The predicted molar refractivity (Wildman–Crippen MR) is 107 cm³/mol. The third-order valence-electron chi connectivity index (χ3n) is 4.00. The number of nitrogens with zero attached hydrogens (tertiary/aromatic N) is 2. The largest absolute Gasteiger partial charge is 0.325 e. The van der Waals surface area contributed by atoms with Crippen LogP contribution in [-0.2, 0) is 11.3 Å². The molecule has 0 bridgehead atoms. The summed E-state index contributed by atoms with van der Waals surface area (Å²) in [7, 11) is 0. The second-order valence-electron chi connectivity index (χ2n) is 6.15. The average molecular weight is 387 g/mol. The zero-order chi connectivity index (χ0) is 18.7. The van der Waals surface area contributed by atoms with Crippen molar-refractivity contribution in [2.75, 3.05) is 5.32 Å². The van der Waals surface area contributed by atoms with Gasteiger partial charge in [-0.2, -0.15) is 5.10 Å². The summed E-state index contributed by atoms with van der Waals surface area (Å²) in [6, 6.07) is 13.5. The molecule has 0 aliphatic rings. The number of aryl methyl sites for hydroxylation is 2. The molecule has 1 aromatic heterocycles. The Morgan fingerprint density at radius 1 is 1.23 bits per heavy atom. The first-order valence-electron chi connectivity index (χ1n) is 8.22. The number of H-pyrrole nitrogens is 1. The van der Waals surface area contributed by atoms with Crippen LogP contribution in [0.2, 0.25) is 5.02 Å². The lowest BCUT2D eigenvalue weighted by Gasteiger charge is -2.10. The van der Waals surface area contributed by atoms with E-state index in [0.717, 1.165) is 22.5 Å². The number of amides is 1. The van der Waals surface area contributed by atoms with E-state index in [2.05, 4.69) is 15.5 Å². The topological polar surface area (TPSA) is 62.7 Å². The zero-order valence-electron chi connectivity index (χ0n) is 14.5. The molecule has 1 heterocycles. The summed E-state index contributed by atoms with van der Waals surface area (Å²) >= 11 is 11.5. The Hall–Kier alpha value is -2.44. The third kappa shape index (κ3) is 4.20. The number of nitrogens with one attached hydrogen (secondary N) is 2. The van der Waals surface area contributed by atoms with E-state index in [0.29, 0.717) is 22.0 Å². The minimum absolute atomic E-state index is 0.131. The van der Waals surface area contributed by atoms with E-state index in [1.807, 2.05) is 54.8 Å². The molecule has 0 atom stereocenters. The van der Waals surface area contributed by atoms with Gasteiger partial charge in [-0.05, 0) is 49.8 Å². The number of hydrogen-bond donors (Lipinski definition) is 2. The lowest BCUT2D eigenvalue weighted by Crippen LogP contribution is -2.15. The highest BCUT2D eigenvalue weighted by Crippen LogP contribution is 2.23. The minimum Gasteiger partial charge on any atom is -0.325 e. The van der Waals surface area contributed by atoms with Crippen LogP contribution >= 0.6 is 23.8 Å². The number of benzene rings is 2. The molecule has 1 amide bonds. The smallest absolute Gasteiger partial charge is 0.226 e. The fourth-order valence-electron chi connectivity index (χ4n) is 2.68. The standard InChI is InChI=1S/C19H19ClN4OS/c1-12-4-3-5-14(10-12)18-22-23-19(26)24(18)9-8-17(25)21-16-7-6-13(2)11-15(16)20/h3-7,10-11H,8-9H2,1-2H3,(H,21,25)(H,23,26). The quantitative estimate of drug-likeness (QED) is 0.612. The van der Waals surface area contributed by atoms with Crippen LogP contribution in [0.5, 0.6) is 0 Å². The fraction of sp³-hybridized carbons (Fsp3) is 0.211.